The van der Waals surface area contributed by atoms with E-state index in [-0.39, 0.29) is 29.6 Å². The van der Waals surface area contributed by atoms with Crippen LogP contribution >= 0.6 is 11.6 Å². The molecule has 7 heteroatoms. The van der Waals surface area contributed by atoms with Gasteiger partial charge in [0.25, 0.3) is 5.56 Å². The number of carbonyl (C=O) groups excluding carboxylic acids is 2. The highest BCUT2D eigenvalue weighted by Gasteiger charge is 2.38. The first-order chi connectivity index (χ1) is 13.8. The lowest BCUT2D eigenvalue weighted by Crippen LogP contribution is -2.45. The maximum atomic E-state index is 13.1. The van der Waals surface area contributed by atoms with Crippen LogP contribution in [0.25, 0.3) is 11.4 Å². The number of halogens is 1. The molecule has 2 aromatic rings. The van der Waals surface area contributed by atoms with Crippen LogP contribution in [-0.2, 0) is 9.59 Å². The summed E-state index contributed by atoms with van der Waals surface area (Å²) < 4.78 is 0. The van der Waals surface area contributed by atoms with Crippen molar-refractivity contribution in [2.75, 3.05) is 6.54 Å². The van der Waals surface area contributed by atoms with Gasteiger partial charge in [-0.2, -0.15) is 0 Å². The maximum absolute atomic E-state index is 13.1. The lowest BCUT2D eigenvalue weighted by Gasteiger charge is -2.39. The van der Waals surface area contributed by atoms with Gasteiger partial charge in [0.15, 0.2) is 0 Å². The number of H-pyrrole nitrogens is 1. The number of aromatic nitrogens is 2. The van der Waals surface area contributed by atoms with Crippen LogP contribution in [0.3, 0.4) is 0 Å². The lowest BCUT2D eigenvalue weighted by atomic mass is 9.85. The van der Waals surface area contributed by atoms with E-state index in [2.05, 4.69) is 11.9 Å². The van der Waals surface area contributed by atoms with Crippen molar-refractivity contribution in [2.45, 2.75) is 58.4 Å². The largest absolute Gasteiger partial charge is 0.334 e. The average molecular weight is 416 g/mol. The molecule has 0 saturated carbocycles. The standard InChI is InChI=1S/C22H26ClN3O3/c1-4-5-6-16-12-26(14(3)28)18(11-13(2)27)19-20(16)24-21(25-22(19)29)15-7-9-17(23)10-8-15/h7-10,16,18H,4-6,11-12H2,1-3H3,(H,24,25,29). The highest BCUT2D eigenvalue weighted by molar-refractivity contribution is 6.30. The van der Waals surface area contributed by atoms with Gasteiger partial charge in [0, 0.05) is 36.4 Å². The number of fused-ring (bicyclic) bond motifs is 1. The minimum atomic E-state index is -0.576. The van der Waals surface area contributed by atoms with E-state index in [1.165, 1.54) is 13.8 Å². The Morgan fingerprint density at radius 3 is 2.52 bits per heavy atom. The molecule has 0 bridgehead atoms. The van der Waals surface area contributed by atoms with E-state index >= 15 is 0 Å². The molecule has 1 N–H and O–H groups in total. The predicted molar refractivity (Wildman–Crippen MR) is 113 cm³/mol. The van der Waals surface area contributed by atoms with E-state index in [1.807, 2.05) is 12.1 Å². The molecule has 1 aromatic heterocycles. The molecule has 0 aliphatic carbocycles. The quantitative estimate of drug-likeness (QED) is 0.764. The Labute approximate surface area is 175 Å². The molecule has 2 heterocycles. The molecule has 3 rings (SSSR count). The Kier molecular flexibility index (Phi) is 6.52. The smallest absolute Gasteiger partial charge is 0.256 e. The number of Topliss-reactive ketones (excluding diaryl/α,β-unsaturated/α-hetero) is 1. The van der Waals surface area contributed by atoms with E-state index in [0.717, 1.165) is 24.8 Å². The second kappa shape index (κ2) is 8.91. The van der Waals surface area contributed by atoms with Crippen LogP contribution in [0.15, 0.2) is 29.1 Å². The number of amides is 1. The van der Waals surface area contributed by atoms with E-state index in [9.17, 15) is 14.4 Å². The molecule has 0 fully saturated rings. The van der Waals surface area contributed by atoms with Crippen LogP contribution in [-0.4, -0.2) is 33.1 Å². The molecule has 0 radical (unpaired) electrons. The van der Waals surface area contributed by atoms with Crippen molar-refractivity contribution in [1.29, 1.82) is 0 Å². The summed E-state index contributed by atoms with van der Waals surface area (Å²) >= 11 is 5.98. The Balaban J connectivity index is 2.16. The van der Waals surface area contributed by atoms with Crippen LogP contribution in [0.1, 0.15) is 69.7 Å². The summed E-state index contributed by atoms with van der Waals surface area (Å²) in [5.41, 5.74) is 1.62. The Bertz CT molecular complexity index is 968. The molecule has 1 aromatic carbocycles. The SMILES string of the molecule is CCCCC1CN(C(C)=O)C(CC(C)=O)c2c1nc(-c1ccc(Cl)cc1)[nH]c2=O. The Morgan fingerprint density at radius 2 is 1.93 bits per heavy atom. The first-order valence-corrected chi connectivity index (χ1v) is 10.4. The highest BCUT2D eigenvalue weighted by Crippen LogP contribution is 2.38. The number of benzene rings is 1. The fourth-order valence-electron chi connectivity index (χ4n) is 4.00. The van der Waals surface area contributed by atoms with Gasteiger partial charge < -0.3 is 9.88 Å². The lowest BCUT2D eigenvalue weighted by molar-refractivity contribution is -0.133. The number of nitrogens with one attached hydrogen (secondary N) is 1. The third-order valence-electron chi connectivity index (χ3n) is 5.41. The molecule has 1 amide bonds. The van der Waals surface area contributed by atoms with Crippen molar-refractivity contribution in [3.05, 3.63) is 50.9 Å². The molecule has 154 valence electrons. The molecule has 1 aliphatic heterocycles. The predicted octanol–water partition coefficient (Wildman–Crippen LogP) is 4.25. The van der Waals surface area contributed by atoms with Gasteiger partial charge in [0.05, 0.1) is 17.3 Å². The molecule has 29 heavy (non-hydrogen) atoms. The van der Waals surface area contributed by atoms with Gasteiger partial charge in [-0.25, -0.2) is 4.98 Å². The van der Waals surface area contributed by atoms with Gasteiger partial charge >= 0.3 is 0 Å². The summed E-state index contributed by atoms with van der Waals surface area (Å²) in [7, 11) is 0. The average Bonchev–Trinajstić information content (AvgIpc) is 2.66. The van der Waals surface area contributed by atoms with Crippen LogP contribution < -0.4 is 5.56 Å². The zero-order chi connectivity index (χ0) is 21.1. The first kappa shape index (κ1) is 21.2. The number of hydrogen-bond donors (Lipinski definition) is 1. The van der Waals surface area contributed by atoms with Crippen LogP contribution in [0.2, 0.25) is 5.02 Å². The van der Waals surface area contributed by atoms with E-state index in [4.69, 9.17) is 16.6 Å². The Morgan fingerprint density at radius 1 is 1.24 bits per heavy atom. The van der Waals surface area contributed by atoms with E-state index in [0.29, 0.717) is 28.6 Å². The summed E-state index contributed by atoms with van der Waals surface area (Å²) in [6, 6.07) is 6.55. The fourth-order valence-corrected chi connectivity index (χ4v) is 4.12. The molecule has 0 saturated heterocycles. The summed E-state index contributed by atoms with van der Waals surface area (Å²) in [5, 5.41) is 0.605. The zero-order valence-electron chi connectivity index (χ0n) is 17.0. The number of unbranched alkanes of at least 4 members (excludes halogenated alkanes) is 1. The van der Waals surface area contributed by atoms with Gasteiger partial charge in [0.1, 0.15) is 11.6 Å². The van der Waals surface area contributed by atoms with E-state index < -0.39 is 6.04 Å². The molecular formula is C22H26ClN3O3. The third kappa shape index (κ3) is 4.58. The van der Waals surface area contributed by atoms with Crippen LogP contribution in [0.5, 0.6) is 0 Å². The second-order valence-electron chi connectivity index (χ2n) is 7.65. The summed E-state index contributed by atoms with van der Waals surface area (Å²) in [5.74, 6) is 0.236. The van der Waals surface area contributed by atoms with E-state index in [1.54, 1.807) is 17.0 Å². The highest BCUT2D eigenvalue weighted by atomic mass is 35.5. The number of aromatic amines is 1. The van der Waals surface area contributed by atoms with Crippen LogP contribution in [0, 0.1) is 0 Å². The topological polar surface area (TPSA) is 83.1 Å². The van der Waals surface area contributed by atoms with Gasteiger partial charge in [-0.15, -0.1) is 0 Å². The monoisotopic (exact) mass is 415 g/mol. The van der Waals surface area contributed by atoms with Crippen molar-refractivity contribution in [3.8, 4) is 11.4 Å². The van der Waals surface area contributed by atoms with Crippen LogP contribution in [0.4, 0.5) is 0 Å². The minimum absolute atomic E-state index is 0.0367. The minimum Gasteiger partial charge on any atom is -0.334 e. The number of rotatable bonds is 6. The summed E-state index contributed by atoms with van der Waals surface area (Å²) in [6.07, 6.45) is 2.92. The van der Waals surface area contributed by atoms with Gasteiger partial charge in [-0.05, 0) is 37.6 Å². The molecule has 6 nitrogen and oxygen atoms in total. The number of carbonyl (C=O) groups is 2. The summed E-state index contributed by atoms with van der Waals surface area (Å²) in [6.45, 7) is 5.54. The summed E-state index contributed by atoms with van der Waals surface area (Å²) in [4.78, 5) is 46.7. The van der Waals surface area contributed by atoms with Crippen molar-refractivity contribution >= 4 is 23.3 Å². The van der Waals surface area contributed by atoms with Crippen molar-refractivity contribution in [1.82, 2.24) is 14.9 Å². The van der Waals surface area contributed by atoms with Crippen molar-refractivity contribution < 1.29 is 9.59 Å². The van der Waals surface area contributed by atoms with Gasteiger partial charge in [-0.3, -0.25) is 14.4 Å². The van der Waals surface area contributed by atoms with Crippen molar-refractivity contribution in [2.24, 2.45) is 0 Å². The normalized spacial score (nSPS) is 18.4. The molecule has 0 spiro atoms. The zero-order valence-corrected chi connectivity index (χ0v) is 17.8. The van der Waals surface area contributed by atoms with Crippen molar-refractivity contribution in [3.63, 3.8) is 0 Å². The van der Waals surface area contributed by atoms with Gasteiger partial charge in [-0.1, -0.05) is 31.4 Å². The number of nitrogens with zero attached hydrogens (tertiary/aromatic N) is 2. The molecular weight excluding hydrogens is 390 g/mol. The third-order valence-corrected chi connectivity index (χ3v) is 5.66. The molecule has 2 unspecified atom stereocenters. The van der Waals surface area contributed by atoms with Gasteiger partial charge in [0.2, 0.25) is 5.91 Å². The Hall–Kier alpha value is -2.47. The number of ketones is 1. The number of hydrogen-bond acceptors (Lipinski definition) is 4. The fraction of sp³-hybridized carbons (Fsp3) is 0.455. The second-order valence-corrected chi connectivity index (χ2v) is 8.09. The first-order valence-electron chi connectivity index (χ1n) is 9.98. The maximum Gasteiger partial charge on any atom is 0.256 e. The molecule has 1 aliphatic rings. The molecule has 2 atom stereocenters.